The number of aryl methyl sites for hydroxylation is 2. The Morgan fingerprint density at radius 2 is 2.35 bits per heavy atom. The van der Waals surface area contributed by atoms with Crippen molar-refractivity contribution in [1.29, 1.82) is 0 Å². The minimum atomic E-state index is 0.519. The van der Waals surface area contributed by atoms with E-state index in [-0.39, 0.29) is 0 Å². The van der Waals surface area contributed by atoms with E-state index in [1.54, 1.807) is 4.88 Å². The lowest BCUT2D eigenvalue weighted by Gasteiger charge is -2.15. The number of nitrogens with zero attached hydrogens (tertiary/aromatic N) is 1. The maximum Gasteiger partial charge on any atom is 0.110 e. The summed E-state index contributed by atoms with van der Waals surface area (Å²) < 4.78 is 0. The van der Waals surface area contributed by atoms with Gasteiger partial charge in [0.15, 0.2) is 0 Å². The van der Waals surface area contributed by atoms with Gasteiger partial charge in [0, 0.05) is 10.9 Å². The third-order valence-electron chi connectivity index (χ3n) is 3.54. The largest absolute Gasteiger partial charge is 0.305 e. The second-order valence-electron chi connectivity index (χ2n) is 5.05. The van der Waals surface area contributed by atoms with E-state index in [1.165, 1.54) is 55.0 Å². The van der Waals surface area contributed by atoms with E-state index < -0.39 is 0 Å². The predicted octanol–water partition coefficient (Wildman–Crippen LogP) is 3.18. The SMILES string of the molecule is CSCCC(NC1CC1)c1nc2c(s1)CCC2. The van der Waals surface area contributed by atoms with Gasteiger partial charge < -0.3 is 5.32 Å². The van der Waals surface area contributed by atoms with E-state index >= 15 is 0 Å². The van der Waals surface area contributed by atoms with Crippen LogP contribution in [0.4, 0.5) is 0 Å². The van der Waals surface area contributed by atoms with Crippen LogP contribution in [-0.4, -0.2) is 23.0 Å². The molecule has 0 aromatic carbocycles. The second-order valence-corrected chi connectivity index (χ2v) is 7.15. The number of thiazole rings is 1. The van der Waals surface area contributed by atoms with Crippen LogP contribution in [0.15, 0.2) is 0 Å². The molecule has 0 amide bonds. The van der Waals surface area contributed by atoms with Crippen molar-refractivity contribution >= 4 is 23.1 Å². The highest BCUT2D eigenvalue weighted by atomic mass is 32.2. The first-order valence-electron chi connectivity index (χ1n) is 6.60. The van der Waals surface area contributed by atoms with Crippen LogP contribution in [0.25, 0.3) is 0 Å². The summed E-state index contributed by atoms with van der Waals surface area (Å²) in [7, 11) is 0. The van der Waals surface area contributed by atoms with Crippen LogP contribution in [-0.2, 0) is 12.8 Å². The van der Waals surface area contributed by atoms with Crippen molar-refractivity contribution in [1.82, 2.24) is 10.3 Å². The zero-order valence-corrected chi connectivity index (χ0v) is 12.0. The van der Waals surface area contributed by atoms with Gasteiger partial charge in [-0.25, -0.2) is 4.98 Å². The van der Waals surface area contributed by atoms with Gasteiger partial charge in [0.05, 0.1) is 11.7 Å². The average Bonchev–Trinajstić information content (AvgIpc) is 2.87. The molecule has 0 aliphatic heterocycles. The first-order chi connectivity index (χ1) is 8.36. The van der Waals surface area contributed by atoms with E-state index in [4.69, 9.17) is 4.98 Å². The van der Waals surface area contributed by atoms with E-state index in [0.717, 1.165) is 6.04 Å². The van der Waals surface area contributed by atoms with Crippen molar-refractivity contribution in [3.8, 4) is 0 Å². The molecule has 0 bridgehead atoms. The zero-order chi connectivity index (χ0) is 11.7. The number of fused-ring (bicyclic) bond motifs is 1. The maximum absolute atomic E-state index is 4.87. The van der Waals surface area contributed by atoms with Crippen molar-refractivity contribution < 1.29 is 0 Å². The van der Waals surface area contributed by atoms with Crippen LogP contribution in [0.2, 0.25) is 0 Å². The molecule has 3 rings (SSSR count). The highest BCUT2D eigenvalue weighted by molar-refractivity contribution is 7.98. The standard InChI is InChI=1S/C13H20N2S2/c1-16-8-7-11(14-9-5-6-9)13-15-10-3-2-4-12(10)17-13/h9,11,14H,2-8H2,1H3. The molecule has 17 heavy (non-hydrogen) atoms. The maximum atomic E-state index is 4.87. The fourth-order valence-corrected chi connectivity index (χ4v) is 4.13. The molecule has 1 heterocycles. The summed E-state index contributed by atoms with van der Waals surface area (Å²) in [6, 6.07) is 1.30. The van der Waals surface area contributed by atoms with Gasteiger partial charge in [-0.3, -0.25) is 0 Å². The molecular formula is C13H20N2S2. The Bertz CT molecular complexity index is 363. The number of hydrogen-bond acceptors (Lipinski definition) is 4. The molecule has 2 aliphatic rings. The third-order valence-corrected chi connectivity index (χ3v) is 5.45. The summed E-state index contributed by atoms with van der Waals surface area (Å²) in [5, 5.41) is 5.12. The third kappa shape index (κ3) is 2.85. The summed E-state index contributed by atoms with van der Waals surface area (Å²) in [5.74, 6) is 1.23. The first-order valence-corrected chi connectivity index (χ1v) is 8.81. The van der Waals surface area contributed by atoms with Crippen LogP contribution < -0.4 is 5.32 Å². The lowest BCUT2D eigenvalue weighted by molar-refractivity contribution is 0.516. The molecule has 1 aromatic rings. The van der Waals surface area contributed by atoms with E-state index in [1.807, 2.05) is 23.1 Å². The molecule has 0 saturated heterocycles. The molecular weight excluding hydrogens is 248 g/mol. The zero-order valence-electron chi connectivity index (χ0n) is 10.4. The Hall–Kier alpha value is -0.0600. The summed E-state index contributed by atoms with van der Waals surface area (Å²) in [6.07, 6.45) is 9.94. The molecule has 1 saturated carbocycles. The fourth-order valence-electron chi connectivity index (χ4n) is 2.41. The fraction of sp³-hybridized carbons (Fsp3) is 0.769. The van der Waals surface area contributed by atoms with Gasteiger partial charge >= 0.3 is 0 Å². The van der Waals surface area contributed by atoms with Crippen LogP contribution in [0.3, 0.4) is 0 Å². The van der Waals surface area contributed by atoms with Crippen LogP contribution >= 0.6 is 23.1 Å². The van der Waals surface area contributed by atoms with Crippen molar-refractivity contribution in [2.45, 2.75) is 50.6 Å². The Labute approximate surface area is 112 Å². The molecule has 0 spiro atoms. The topological polar surface area (TPSA) is 24.9 Å². The van der Waals surface area contributed by atoms with Crippen molar-refractivity contribution in [3.63, 3.8) is 0 Å². The number of hydrogen-bond donors (Lipinski definition) is 1. The van der Waals surface area contributed by atoms with Crippen molar-refractivity contribution in [2.75, 3.05) is 12.0 Å². The van der Waals surface area contributed by atoms with Gasteiger partial charge in [0.25, 0.3) is 0 Å². The monoisotopic (exact) mass is 268 g/mol. The average molecular weight is 268 g/mol. The second kappa shape index (κ2) is 5.29. The lowest BCUT2D eigenvalue weighted by atomic mass is 10.2. The number of thioether (sulfide) groups is 1. The number of rotatable bonds is 6. The van der Waals surface area contributed by atoms with Crippen molar-refractivity contribution in [2.24, 2.45) is 0 Å². The number of aromatic nitrogens is 1. The minimum Gasteiger partial charge on any atom is -0.305 e. The van der Waals surface area contributed by atoms with E-state index in [9.17, 15) is 0 Å². The minimum absolute atomic E-state index is 0.519. The summed E-state index contributed by atoms with van der Waals surface area (Å²) in [6.45, 7) is 0. The first kappa shape index (κ1) is 12.0. The van der Waals surface area contributed by atoms with Gasteiger partial charge in [0.1, 0.15) is 5.01 Å². The van der Waals surface area contributed by atoms with E-state index in [2.05, 4.69) is 11.6 Å². The highest BCUT2D eigenvalue weighted by Gasteiger charge is 2.28. The smallest absolute Gasteiger partial charge is 0.110 e. The number of nitrogens with one attached hydrogen (secondary N) is 1. The van der Waals surface area contributed by atoms with Crippen LogP contribution in [0, 0.1) is 0 Å². The van der Waals surface area contributed by atoms with E-state index in [0.29, 0.717) is 6.04 Å². The lowest BCUT2D eigenvalue weighted by Crippen LogP contribution is -2.24. The van der Waals surface area contributed by atoms with Crippen molar-refractivity contribution in [3.05, 3.63) is 15.6 Å². The normalized spacial score (nSPS) is 20.5. The molecule has 1 N–H and O–H groups in total. The highest BCUT2D eigenvalue weighted by Crippen LogP contribution is 2.34. The Balaban J connectivity index is 1.70. The molecule has 0 radical (unpaired) electrons. The summed E-state index contributed by atoms with van der Waals surface area (Å²) in [5.41, 5.74) is 1.40. The van der Waals surface area contributed by atoms with Gasteiger partial charge in [-0.2, -0.15) is 11.8 Å². The molecule has 1 unspecified atom stereocenters. The van der Waals surface area contributed by atoms with Crippen LogP contribution in [0.1, 0.15) is 47.3 Å². The molecule has 94 valence electrons. The molecule has 1 aromatic heterocycles. The predicted molar refractivity (Wildman–Crippen MR) is 76.0 cm³/mol. The molecule has 1 atom stereocenters. The van der Waals surface area contributed by atoms with Gasteiger partial charge in [0.2, 0.25) is 0 Å². The quantitative estimate of drug-likeness (QED) is 0.858. The molecule has 2 nitrogen and oxygen atoms in total. The van der Waals surface area contributed by atoms with Gasteiger partial charge in [-0.1, -0.05) is 0 Å². The summed E-state index contributed by atoms with van der Waals surface area (Å²) in [4.78, 5) is 6.43. The molecule has 4 heteroatoms. The molecule has 1 fully saturated rings. The Morgan fingerprint density at radius 3 is 3.06 bits per heavy atom. The molecule has 2 aliphatic carbocycles. The Morgan fingerprint density at radius 1 is 1.47 bits per heavy atom. The van der Waals surface area contributed by atoms with Crippen LogP contribution in [0.5, 0.6) is 0 Å². The Kier molecular flexibility index (Phi) is 3.73. The summed E-state index contributed by atoms with van der Waals surface area (Å²) >= 11 is 3.91. The van der Waals surface area contributed by atoms with Gasteiger partial charge in [-0.05, 0) is 50.5 Å². The van der Waals surface area contributed by atoms with Gasteiger partial charge in [-0.15, -0.1) is 11.3 Å².